The van der Waals surface area contributed by atoms with Crippen LogP contribution in [0.1, 0.15) is 50.2 Å². The zero-order valence-corrected chi connectivity index (χ0v) is 41.5. The molecule has 4 amide bonds. The number of ether oxygens (including phenoxy) is 5. The van der Waals surface area contributed by atoms with Crippen LogP contribution in [0.2, 0.25) is 0 Å². The normalized spacial score (nSPS) is 19.0. The van der Waals surface area contributed by atoms with Crippen molar-refractivity contribution in [3.8, 4) is 17.2 Å². The van der Waals surface area contributed by atoms with Gasteiger partial charge in [0.2, 0.25) is 0 Å². The summed E-state index contributed by atoms with van der Waals surface area (Å²) in [6.45, 7) is 8.86. The van der Waals surface area contributed by atoms with Gasteiger partial charge in [-0.3, -0.25) is 28.3 Å². The van der Waals surface area contributed by atoms with Crippen LogP contribution in [0.4, 0.5) is 21.0 Å². The number of rotatable bonds is 9. The van der Waals surface area contributed by atoms with Crippen LogP contribution in [0.25, 0.3) is 11.1 Å². The van der Waals surface area contributed by atoms with E-state index in [4.69, 9.17) is 23.7 Å². The van der Waals surface area contributed by atoms with Crippen LogP contribution < -0.4 is 41.8 Å². The molecule has 23 heteroatoms. The summed E-state index contributed by atoms with van der Waals surface area (Å²) in [5.41, 5.74) is 1.03. The average Bonchev–Trinajstić information content (AvgIpc) is 3.54. The van der Waals surface area contributed by atoms with Crippen LogP contribution in [0.15, 0.2) is 93.3 Å². The highest BCUT2D eigenvalue weighted by Crippen LogP contribution is 2.43. The lowest BCUT2D eigenvalue weighted by Crippen LogP contribution is -2.55. The Morgan fingerprint density at radius 3 is 1.59 bits per heavy atom. The van der Waals surface area contributed by atoms with Gasteiger partial charge < -0.3 is 52.8 Å². The predicted molar refractivity (Wildman–Crippen MR) is 266 cm³/mol. The minimum absolute atomic E-state index is 0.0564. The SMILES string of the molecule is C=CCOC(=O)N1c2cc(C)c(OC)cc2C(=O)N2CC=C(c3cn(C)c(=O)n(C)c3=O)C[C@H]2C1O.C=CCOC(=O)N1c2cc(O)c(OC)cc2C(=O)N2CC=C(c3cn(C)c(=O)n(C)c3=O)C[C@H]2C1OC. The first-order chi connectivity index (χ1) is 34.7. The fraction of sp³-hybridized carbons (Fsp3) is 0.360. The Morgan fingerprint density at radius 2 is 1.11 bits per heavy atom. The Bertz CT molecular complexity index is 3260. The molecule has 23 nitrogen and oxygen atoms in total. The van der Waals surface area contributed by atoms with Crippen LogP contribution in [0.3, 0.4) is 0 Å². The van der Waals surface area contributed by atoms with Crippen molar-refractivity contribution in [2.45, 2.75) is 44.3 Å². The van der Waals surface area contributed by atoms with Crippen molar-refractivity contribution in [3.05, 3.63) is 144 Å². The third-order valence-corrected chi connectivity index (χ3v) is 13.1. The first-order valence-corrected chi connectivity index (χ1v) is 22.7. The second kappa shape index (κ2) is 21.1. The number of carbonyl (C=O) groups excluding carboxylic acids is 4. The number of nitrogens with zero attached hydrogens (tertiary/aromatic N) is 8. The largest absolute Gasteiger partial charge is 0.504 e. The highest BCUT2D eigenvalue weighted by atomic mass is 16.6. The maximum Gasteiger partial charge on any atom is 0.416 e. The van der Waals surface area contributed by atoms with Gasteiger partial charge in [0.25, 0.3) is 22.9 Å². The Balaban J connectivity index is 0.000000214. The molecule has 386 valence electrons. The summed E-state index contributed by atoms with van der Waals surface area (Å²) >= 11 is 0. The van der Waals surface area contributed by atoms with Crippen molar-refractivity contribution in [1.29, 1.82) is 0 Å². The number of anilines is 2. The number of phenols is 1. The summed E-state index contributed by atoms with van der Waals surface area (Å²) in [7, 11) is 10.1. The van der Waals surface area contributed by atoms with Crippen molar-refractivity contribution in [2.75, 3.05) is 57.4 Å². The Kier molecular flexibility index (Phi) is 15.1. The van der Waals surface area contributed by atoms with Gasteiger partial charge in [0.1, 0.15) is 19.0 Å². The molecule has 0 fully saturated rings. The molecule has 0 radical (unpaired) electrons. The van der Waals surface area contributed by atoms with Gasteiger partial charge in [-0.1, -0.05) is 37.5 Å². The van der Waals surface area contributed by atoms with Gasteiger partial charge in [-0.15, -0.1) is 0 Å². The second-order valence-electron chi connectivity index (χ2n) is 17.4. The minimum atomic E-state index is -1.49. The molecule has 0 saturated heterocycles. The number of aliphatic hydroxyl groups is 1. The zero-order valence-electron chi connectivity index (χ0n) is 41.5. The molecule has 0 spiro atoms. The standard InChI is InChI=1S/C25H28N4O8.C25H28N4O7/c1-6-9-37-25(34)29-17-12-19(30)20(35-4)11-15(17)22(32)28-8-7-14(10-18(28)23(29)36-5)16-13-26(2)24(33)27(3)21(16)31;1-6-9-36-25(34)29-18-10-14(2)20(35-5)12-16(18)22(31)28-8-7-15(11-19(28)23(29)32)17-13-26(3)24(33)27(4)21(17)30/h6-7,11-13,18,23,30H,1,8-10H2,2-5H3;6-7,10,12-13,19,23,32H,1,8-9,11H2,2-5H3/t18-,23?;19-,23?/m00/s1. The lowest BCUT2D eigenvalue weighted by molar-refractivity contribution is 0.0175. The molecule has 4 aliphatic heterocycles. The monoisotopic (exact) mass is 1010 g/mol. The van der Waals surface area contributed by atoms with Crippen LogP contribution in [-0.2, 0) is 42.4 Å². The maximum absolute atomic E-state index is 13.8. The lowest BCUT2D eigenvalue weighted by Gasteiger charge is -2.40. The Hall–Kier alpha value is -8.44. The van der Waals surface area contributed by atoms with Crippen molar-refractivity contribution in [1.82, 2.24) is 28.1 Å². The third-order valence-electron chi connectivity index (χ3n) is 13.1. The first-order valence-electron chi connectivity index (χ1n) is 22.7. The van der Waals surface area contributed by atoms with Gasteiger partial charge >= 0.3 is 23.6 Å². The lowest BCUT2D eigenvalue weighted by atomic mass is 9.94. The number of aryl methyl sites for hydroxylation is 3. The van der Waals surface area contributed by atoms with E-state index in [1.165, 1.54) is 109 Å². The summed E-state index contributed by atoms with van der Waals surface area (Å²) in [6.07, 6.45) is 5.17. The van der Waals surface area contributed by atoms with Crippen LogP contribution in [0.5, 0.6) is 17.2 Å². The van der Waals surface area contributed by atoms with Gasteiger partial charge in [0.05, 0.1) is 59.9 Å². The van der Waals surface area contributed by atoms with E-state index in [1.807, 2.05) is 0 Å². The fourth-order valence-electron chi connectivity index (χ4n) is 9.37. The van der Waals surface area contributed by atoms with Gasteiger partial charge in [0, 0.05) is 66.9 Å². The van der Waals surface area contributed by atoms with Gasteiger partial charge in [-0.25, -0.2) is 29.0 Å². The number of amides is 4. The predicted octanol–water partition coefficient (Wildman–Crippen LogP) is 2.37. The number of aromatic hydroxyl groups is 1. The fourth-order valence-corrected chi connectivity index (χ4v) is 9.37. The molecular weight excluding hydrogens is 953 g/mol. The van der Waals surface area contributed by atoms with E-state index in [1.54, 1.807) is 32.2 Å². The average molecular weight is 1010 g/mol. The van der Waals surface area contributed by atoms with E-state index < -0.39 is 71.0 Å². The van der Waals surface area contributed by atoms with Gasteiger partial charge in [-0.05, 0) is 54.7 Å². The van der Waals surface area contributed by atoms with E-state index in [0.717, 1.165) is 14.0 Å². The zero-order chi connectivity index (χ0) is 53.3. The molecule has 4 aromatic rings. The molecule has 2 N–H and O–H groups in total. The van der Waals surface area contributed by atoms with E-state index in [2.05, 4.69) is 13.2 Å². The number of hydrogen-bond acceptors (Lipinski definition) is 15. The molecule has 0 saturated carbocycles. The number of phenolic OH excluding ortho intramolecular Hbond substituents is 1. The number of carbonyl (C=O) groups is 4. The van der Waals surface area contributed by atoms with Crippen LogP contribution in [0, 0.1) is 6.92 Å². The van der Waals surface area contributed by atoms with Gasteiger partial charge in [0.15, 0.2) is 24.0 Å². The molecular formula is C50H56N8O15. The van der Waals surface area contributed by atoms with E-state index in [0.29, 0.717) is 28.0 Å². The summed E-state index contributed by atoms with van der Waals surface area (Å²) in [6, 6.07) is 4.11. The number of aromatic nitrogens is 4. The van der Waals surface area contributed by atoms with Crippen molar-refractivity contribution in [3.63, 3.8) is 0 Å². The van der Waals surface area contributed by atoms with Crippen LogP contribution >= 0.6 is 0 Å². The highest BCUT2D eigenvalue weighted by Gasteiger charge is 2.47. The smallest absolute Gasteiger partial charge is 0.416 e. The van der Waals surface area contributed by atoms with Crippen LogP contribution in [-0.4, -0.2) is 134 Å². The Labute approximate surface area is 417 Å². The number of benzene rings is 2. The molecule has 0 aliphatic carbocycles. The summed E-state index contributed by atoms with van der Waals surface area (Å²) < 4.78 is 31.5. The number of aliphatic hydroxyl groups excluding tert-OH is 1. The third kappa shape index (κ3) is 9.46. The number of hydrogen-bond donors (Lipinski definition) is 2. The molecule has 6 heterocycles. The quantitative estimate of drug-likeness (QED) is 0.228. The maximum atomic E-state index is 13.8. The summed E-state index contributed by atoms with van der Waals surface area (Å²) in [5, 5.41) is 22.0. The second-order valence-corrected chi connectivity index (χ2v) is 17.4. The number of methoxy groups -OCH3 is 3. The molecule has 8 rings (SSSR count). The van der Waals surface area contributed by atoms with E-state index in [-0.39, 0.29) is 78.7 Å². The summed E-state index contributed by atoms with van der Waals surface area (Å²) in [5.74, 6) is -0.604. The van der Waals surface area contributed by atoms with Crippen molar-refractivity contribution < 1.29 is 53.1 Å². The molecule has 73 heavy (non-hydrogen) atoms. The Morgan fingerprint density at radius 1 is 0.658 bits per heavy atom. The van der Waals surface area contributed by atoms with E-state index >= 15 is 0 Å². The van der Waals surface area contributed by atoms with E-state index in [9.17, 15) is 48.6 Å². The van der Waals surface area contributed by atoms with Crippen molar-refractivity contribution in [2.24, 2.45) is 28.2 Å². The first kappa shape index (κ1) is 52.4. The van der Waals surface area contributed by atoms with Gasteiger partial charge in [-0.2, -0.15) is 0 Å². The number of fused-ring (bicyclic) bond motifs is 4. The molecule has 2 unspecified atom stereocenters. The van der Waals surface area contributed by atoms with Crippen molar-refractivity contribution >= 4 is 46.5 Å². The molecule has 0 bridgehead atoms. The molecule has 2 aromatic carbocycles. The summed E-state index contributed by atoms with van der Waals surface area (Å²) in [4.78, 5) is 109. The topological polar surface area (TPSA) is 256 Å². The highest BCUT2D eigenvalue weighted by molar-refractivity contribution is 6.07. The molecule has 4 aliphatic rings. The molecule has 2 aromatic heterocycles. The minimum Gasteiger partial charge on any atom is -0.504 e. The molecule has 4 atom stereocenters.